The molecule has 0 spiro atoms. The van der Waals surface area contributed by atoms with Crippen LogP contribution in [-0.4, -0.2) is 29.0 Å². The SMILES string of the molecule is C=C(COc1ccc(Cl)cc1)CSc1ccc(OC(C)(C)C(=O)O)c(C)c1. The second kappa shape index (κ2) is 9.20. The first-order valence-corrected chi connectivity index (χ1v) is 9.74. The summed E-state index contributed by atoms with van der Waals surface area (Å²) in [5, 5.41) is 9.86. The Morgan fingerprint density at radius 1 is 1.22 bits per heavy atom. The maximum absolute atomic E-state index is 11.2. The van der Waals surface area contributed by atoms with E-state index in [-0.39, 0.29) is 0 Å². The Balaban J connectivity index is 1.86. The molecule has 0 atom stereocenters. The molecule has 4 nitrogen and oxygen atoms in total. The lowest BCUT2D eigenvalue weighted by molar-refractivity contribution is -0.152. The normalized spacial score (nSPS) is 11.1. The minimum atomic E-state index is -1.27. The van der Waals surface area contributed by atoms with E-state index in [1.807, 2.05) is 31.2 Å². The Kier molecular flexibility index (Phi) is 7.22. The van der Waals surface area contributed by atoms with Gasteiger partial charge in [0.25, 0.3) is 0 Å². The summed E-state index contributed by atoms with van der Waals surface area (Å²) in [6.45, 7) is 9.44. The second-order valence-corrected chi connectivity index (χ2v) is 8.11. The Morgan fingerprint density at radius 2 is 1.89 bits per heavy atom. The van der Waals surface area contributed by atoms with Crippen LogP contribution in [0.1, 0.15) is 19.4 Å². The molecule has 2 rings (SSSR count). The van der Waals surface area contributed by atoms with Gasteiger partial charge in [-0.1, -0.05) is 18.2 Å². The zero-order valence-corrected chi connectivity index (χ0v) is 17.2. The van der Waals surface area contributed by atoms with Crippen LogP contribution in [0.25, 0.3) is 0 Å². The van der Waals surface area contributed by atoms with E-state index in [2.05, 4.69) is 6.58 Å². The van der Waals surface area contributed by atoms with Crippen LogP contribution >= 0.6 is 23.4 Å². The predicted molar refractivity (Wildman–Crippen MR) is 110 cm³/mol. The summed E-state index contributed by atoms with van der Waals surface area (Å²) in [6.07, 6.45) is 0. The molecule has 0 amide bonds. The van der Waals surface area contributed by atoms with Crippen molar-refractivity contribution in [3.8, 4) is 11.5 Å². The summed E-state index contributed by atoms with van der Waals surface area (Å²) in [5.74, 6) is 1.03. The molecular formula is C21H23ClO4S. The van der Waals surface area contributed by atoms with Gasteiger partial charge in [0.05, 0.1) is 0 Å². The van der Waals surface area contributed by atoms with Gasteiger partial charge in [0.2, 0.25) is 0 Å². The highest BCUT2D eigenvalue weighted by atomic mass is 35.5. The van der Waals surface area contributed by atoms with Gasteiger partial charge in [0, 0.05) is 15.7 Å². The highest BCUT2D eigenvalue weighted by Crippen LogP contribution is 2.29. The summed E-state index contributed by atoms with van der Waals surface area (Å²) in [4.78, 5) is 12.3. The fourth-order valence-electron chi connectivity index (χ4n) is 2.09. The Bertz CT molecular complexity index is 815. The number of benzene rings is 2. The molecule has 144 valence electrons. The van der Waals surface area contributed by atoms with E-state index in [9.17, 15) is 9.90 Å². The molecule has 0 radical (unpaired) electrons. The van der Waals surface area contributed by atoms with Gasteiger partial charge >= 0.3 is 5.97 Å². The van der Waals surface area contributed by atoms with Crippen molar-refractivity contribution in [2.75, 3.05) is 12.4 Å². The molecule has 0 saturated heterocycles. The minimum absolute atomic E-state index is 0.432. The van der Waals surface area contributed by atoms with Gasteiger partial charge in [-0.15, -0.1) is 11.8 Å². The van der Waals surface area contributed by atoms with Crippen molar-refractivity contribution < 1.29 is 19.4 Å². The highest BCUT2D eigenvalue weighted by Gasteiger charge is 2.29. The van der Waals surface area contributed by atoms with E-state index in [4.69, 9.17) is 21.1 Å². The van der Waals surface area contributed by atoms with Crippen molar-refractivity contribution in [2.45, 2.75) is 31.3 Å². The van der Waals surface area contributed by atoms with Crippen LogP contribution in [0.2, 0.25) is 5.02 Å². The molecule has 1 N–H and O–H groups in total. The van der Waals surface area contributed by atoms with Crippen molar-refractivity contribution in [1.29, 1.82) is 0 Å². The number of hydrogen-bond acceptors (Lipinski definition) is 4. The van der Waals surface area contributed by atoms with Crippen LogP contribution in [0, 0.1) is 6.92 Å². The smallest absolute Gasteiger partial charge is 0.347 e. The lowest BCUT2D eigenvalue weighted by atomic mass is 10.1. The number of aliphatic carboxylic acids is 1. The maximum Gasteiger partial charge on any atom is 0.347 e. The van der Waals surface area contributed by atoms with E-state index in [1.54, 1.807) is 30.0 Å². The number of carboxylic acids is 1. The van der Waals surface area contributed by atoms with E-state index in [0.29, 0.717) is 23.1 Å². The Hall–Kier alpha value is -2.11. The lowest BCUT2D eigenvalue weighted by Gasteiger charge is -2.23. The number of aryl methyl sites for hydroxylation is 1. The summed E-state index contributed by atoms with van der Waals surface area (Å²) in [5.41, 5.74) is 0.574. The second-order valence-electron chi connectivity index (χ2n) is 6.63. The van der Waals surface area contributed by atoms with E-state index < -0.39 is 11.6 Å². The van der Waals surface area contributed by atoms with E-state index >= 15 is 0 Å². The number of rotatable bonds is 9. The number of thioether (sulfide) groups is 1. The van der Waals surface area contributed by atoms with Crippen LogP contribution in [0.4, 0.5) is 0 Å². The van der Waals surface area contributed by atoms with E-state index in [0.717, 1.165) is 21.8 Å². The first-order valence-electron chi connectivity index (χ1n) is 8.38. The average Bonchev–Trinajstić information content (AvgIpc) is 2.61. The first-order chi connectivity index (χ1) is 12.7. The van der Waals surface area contributed by atoms with Crippen molar-refractivity contribution in [3.05, 3.63) is 65.2 Å². The minimum Gasteiger partial charge on any atom is -0.489 e. The van der Waals surface area contributed by atoms with Gasteiger partial charge in [-0.3, -0.25) is 0 Å². The maximum atomic E-state index is 11.2. The van der Waals surface area contributed by atoms with Crippen LogP contribution in [0.15, 0.2) is 59.5 Å². The third-order valence-corrected chi connectivity index (χ3v) is 5.12. The Morgan fingerprint density at radius 3 is 2.48 bits per heavy atom. The molecule has 0 aliphatic heterocycles. The van der Waals surface area contributed by atoms with Crippen molar-refractivity contribution in [3.63, 3.8) is 0 Å². The predicted octanol–water partition coefficient (Wildman–Crippen LogP) is 5.62. The topological polar surface area (TPSA) is 55.8 Å². The van der Waals surface area contributed by atoms with Crippen LogP contribution in [0.3, 0.4) is 0 Å². The largest absolute Gasteiger partial charge is 0.489 e. The number of halogens is 1. The molecule has 0 aliphatic carbocycles. The average molecular weight is 407 g/mol. The first kappa shape index (κ1) is 21.2. The standard InChI is InChI=1S/C21H23ClO4S/c1-14(12-25-17-7-5-16(22)6-8-17)13-27-18-9-10-19(15(2)11-18)26-21(3,4)20(23)24/h5-11H,1,12-13H2,2-4H3,(H,23,24). The van der Waals surface area contributed by atoms with Gasteiger partial charge in [0.1, 0.15) is 18.1 Å². The molecule has 2 aromatic rings. The lowest BCUT2D eigenvalue weighted by Crippen LogP contribution is -2.38. The molecule has 6 heteroatoms. The monoisotopic (exact) mass is 406 g/mol. The number of ether oxygens (including phenoxy) is 2. The summed E-state index contributed by atoms with van der Waals surface area (Å²) < 4.78 is 11.3. The molecule has 0 fully saturated rings. The molecule has 0 saturated carbocycles. The molecule has 0 heterocycles. The highest BCUT2D eigenvalue weighted by molar-refractivity contribution is 7.99. The van der Waals surface area contributed by atoms with Crippen molar-refractivity contribution in [1.82, 2.24) is 0 Å². The summed E-state index contributed by atoms with van der Waals surface area (Å²) in [6, 6.07) is 12.9. The third-order valence-electron chi connectivity index (χ3n) is 3.73. The molecule has 0 bridgehead atoms. The molecule has 0 aromatic heterocycles. The third kappa shape index (κ3) is 6.52. The fourth-order valence-corrected chi connectivity index (χ4v) is 3.09. The van der Waals surface area contributed by atoms with Gasteiger partial charge in [0.15, 0.2) is 5.60 Å². The van der Waals surface area contributed by atoms with E-state index in [1.165, 1.54) is 13.8 Å². The van der Waals surface area contributed by atoms with Crippen LogP contribution in [0.5, 0.6) is 11.5 Å². The van der Waals surface area contributed by atoms with Gasteiger partial charge in [-0.05, 0) is 74.4 Å². The zero-order valence-electron chi connectivity index (χ0n) is 15.6. The number of carboxylic acid groups (broad SMARTS) is 1. The number of hydrogen-bond donors (Lipinski definition) is 1. The Labute approximate surface area is 169 Å². The van der Waals surface area contributed by atoms with Crippen LogP contribution in [-0.2, 0) is 4.79 Å². The summed E-state index contributed by atoms with van der Waals surface area (Å²) in [7, 11) is 0. The molecular weight excluding hydrogens is 384 g/mol. The number of carbonyl (C=O) groups is 1. The zero-order chi connectivity index (χ0) is 20.0. The van der Waals surface area contributed by atoms with Gasteiger partial charge in [-0.25, -0.2) is 4.79 Å². The van der Waals surface area contributed by atoms with Crippen molar-refractivity contribution >= 4 is 29.3 Å². The molecule has 2 aromatic carbocycles. The quantitative estimate of drug-likeness (QED) is 0.432. The fraction of sp³-hybridized carbons (Fsp3) is 0.286. The molecule has 0 aliphatic rings. The summed E-state index contributed by atoms with van der Waals surface area (Å²) >= 11 is 7.49. The van der Waals surface area contributed by atoms with Crippen molar-refractivity contribution in [2.24, 2.45) is 0 Å². The van der Waals surface area contributed by atoms with Gasteiger partial charge in [-0.2, -0.15) is 0 Å². The molecule has 27 heavy (non-hydrogen) atoms. The van der Waals surface area contributed by atoms with Gasteiger partial charge < -0.3 is 14.6 Å². The van der Waals surface area contributed by atoms with Crippen LogP contribution < -0.4 is 9.47 Å². The molecule has 0 unspecified atom stereocenters.